The number of fused-ring (bicyclic) bond motifs is 3. The number of nitrogens with zero attached hydrogens (tertiary/aromatic N) is 7. The number of rotatable bonds is 9. The Labute approximate surface area is 344 Å². The van der Waals surface area contributed by atoms with E-state index in [1.807, 2.05) is 24.3 Å². The fraction of sp³-hybridized carbons (Fsp3) is 0.395. The van der Waals surface area contributed by atoms with Crippen LogP contribution in [0.1, 0.15) is 65.0 Å². The van der Waals surface area contributed by atoms with E-state index in [0.29, 0.717) is 74.7 Å². The molecule has 0 bridgehead atoms. The van der Waals surface area contributed by atoms with Crippen LogP contribution in [-0.4, -0.2) is 83.1 Å². The summed E-state index contributed by atoms with van der Waals surface area (Å²) in [6, 6.07) is 9.79. The largest absolute Gasteiger partial charge is 0.489 e. The molecular weight excluding hydrogens is 806 g/mol. The minimum absolute atomic E-state index is 0.00971. The summed E-state index contributed by atoms with van der Waals surface area (Å²) in [6.45, 7) is 13.6. The number of ether oxygens (including phenoxy) is 3. The van der Waals surface area contributed by atoms with Crippen LogP contribution in [0, 0.1) is 22.7 Å². The van der Waals surface area contributed by atoms with Gasteiger partial charge < -0.3 is 39.5 Å². The number of aliphatic hydroxyl groups is 2. The minimum atomic E-state index is -1.80. The van der Waals surface area contributed by atoms with Gasteiger partial charge in [-0.25, -0.2) is 24.9 Å². The molecule has 0 aliphatic carbocycles. The SMILES string of the molecule is CC(C)(C)[Si](C)(C)OCC1COc2c1ccnc2Nc1ncc(C#N)s1.N#Cc1cnc(Nc2nccc3c2OCC3CO)s1.OCC1COc2c1ccnc2Cl. The van der Waals surface area contributed by atoms with Gasteiger partial charge in [0.25, 0.3) is 0 Å². The number of aromatic nitrogens is 5. The van der Waals surface area contributed by atoms with Crippen LogP contribution < -0.4 is 24.8 Å². The molecule has 0 aromatic carbocycles. The molecule has 0 fully saturated rings. The summed E-state index contributed by atoms with van der Waals surface area (Å²) < 4.78 is 23.1. The molecule has 0 saturated carbocycles. The van der Waals surface area contributed by atoms with Gasteiger partial charge in [0, 0.05) is 59.6 Å². The molecule has 5 aromatic rings. The van der Waals surface area contributed by atoms with E-state index in [2.05, 4.69) is 75.5 Å². The highest BCUT2D eigenvalue weighted by Crippen LogP contribution is 2.43. The van der Waals surface area contributed by atoms with Gasteiger partial charge in [0.1, 0.15) is 21.9 Å². The maximum Gasteiger partial charge on any atom is 0.192 e. The number of pyridine rings is 3. The van der Waals surface area contributed by atoms with Crippen LogP contribution in [0.25, 0.3) is 0 Å². The second kappa shape index (κ2) is 18.1. The van der Waals surface area contributed by atoms with Gasteiger partial charge in [0.15, 0.2) is 52.6 Å². The molecule has 19 heteroatoms. The molecule has 0 amide bonds. The first kappa shape index (κ1) is 41.7. The summed E-state index contributed by atoms with van der Waals surface area (Å²) in [5, 5.41) is 43.9. The van der Waals surface area contributed by atoms with Crippen LogP contribution in [0.2, 0.25) is 23.3 Å². The zero-order chi connectivity index (χ0) is 40.7. The number of aliphatic hydroxyl groups excluding tert-OH is 2. The lowest BCUT2D eigenvalue weighted by Crippen LogP contribution is -2.41. The van der Waals surface area contributed by atoms with Crippen molar-refractivity contribution in [2.45, 2.75) is 56.7 Å². The Morgan fingerprint density at radius 2 is 1.19 bits per heavy atom. The van der Waals surface area contributed by atoms with Gasteiger partial charge >= 0.3 is 0 Å². The van der Waals surface area contributed by atoms with Crippen molar-refractivity contribution in [3.8, 4) is 29.4 Å². The van der Waals surface area contributed by atoms with Crippen molar-refractivity contribution in [3.63, 3.8) is 0 Å². The molecular formula is C38H42ClN9O6S2Si. The number of hydrogen-bond acceptors (Lipinski definition) is 17. The lowest BCUT2D eigenvalue weighted by Gasteiger charge is -2.36. The van der Waals surface area contributed by atoms with E-state index in [0.717, 1.165) is 22.4 Å². The van der Waals surface area contributed by atoms with Crippen molar-refractivity contribution in [2.24, 2.45) is 0 Å². The molecule has 3 aliphatic heterocycles. The monoisotopic (exact) mass is 847 g/mol. The average molecular weight is 848 g/mol. The highest BCUT2D eigenvalue weighted by Gasteiger charge is 2.39. The lowest BCUT2D eigenvalue weighted by molar-refractivity contribution is 0.231. The van der Waals surface area contributed by atoms with Crippen molar-refractivity contribution >= 4 is 64.5 Å². The van der Waals surface area contributed by atoms with Gasteiger partial charge in [-0.2, -0.15) is 10.5 Å². The summed E-state index contributed by atoms with van der Waals surface area (Å²) >= 11 is 8.32. The van der Waals surface area contributed by atoms with Crippen LogP contribution in [0.15, 0.2) is 49.2 Å². The van der Waals surface area contributed by atoms with Crippen molar-refractivity contribution in [1.82, 2.24) is 24.9 Å². The number of thiazole rings is 2. The normalized spacial score (nSPS) is 17.4. The van der Waals surface area contributed by atoms with Gasteiger partial charge in [-0.05, 0) is 36.3 Å². The number of halogens is 1. The van der Waals surface area contributed by atoms with Crippen molar-refractivity contribution < 1.29 is 28.8 Å². The molecule has 3 aliphatic rings. The molecule has 3 atom stereocenters. The lowest BCUT2D eigenvalue weighted by atomic mass is 10.0. The second-order valence-corrected chi connectivity index (χ2v) is 21.9. The van der Waals surface area contributed by atoms with E-state index >= 15 is 0 Å². The Balaban J connectivity index is 0.000000155. The van der Waals surface area contributed by atoms with E-state index in [9.17, 15) is 5.11 Å². The van der Waals surface area contributed by atoms with Gasteiger partial charge in [0.05, 0.1) is 45.4 Å². The highest BCUT2D eigenvalue weighted by atomic mass is 35.5. The summed E-state index contributed by atoms with van der Waals surface area (Å²) in [4.78, 5) is 21.8. The van der Waals surface area contributed by atoms with Crippen LogP contribution >= 0.6 is 34.3 Å². The summed E-state index contributed by atoms with van der Waals surface area (Å²) in [5.41, 5.74) is 3.01. The van der Waals surface area contributed by atoms with E-state index < -0.39 is 8.32 Å². The number of nitriles is 2. The minimum Gasteiger partial charge on any atom is -0.489 e. The molecule has 0 radical (unpaired) electrons. The molecule has 5 aromatic heterocycles. The summed E-state index contributed by atoms with van der Waals surface area (Å²) in [6.07, 6.45) is 8.12. The quantitative estimate of drug-likeness (QED) is 0.0836. The number of anilines is 4. The number of nitrogens with one attached hydrogen (secondary N) is 2. The summed E-state index contributed by atoms with van der Waals surface area (Å²) in [5.74, 6) is 3.47. The first-order valence-corrected chi connectivity index (χ1v) is 22.9. The first-order chi connectivity index (χ1) is 27.3. The Hall–Kier alpha value is -4.92. The van der Waals surface area contributed by atoms with Gasteiger partial charge in [-0.1, -0.05) is 55.0 Å². The molecule has 0 saturated heterocycles. The number of hydrogen-bond donors (Lipinski definition) is 4. The van der Waals surface area contributed by atoms with E-state index in [4.69, 9.17) is 45.9 Å². The molecule has 8 heterocycles. The second-order valence-electron chi connectivity index (χ2n) is 14.7. The molecule has 3 unspecified atom stereocenters. The van der Waals surface area contributed by atoms with Crippen LogP contribution in [0.4, 0.5) is 21.9 Å². The van der Waals surface area contributed by atoms with Gasteiger partial charge in [-0.15, -0.1) is 0 Å². The molecule has 57 heavy (non-hydrogen) atoms. The van der Waals surface area contributed by atoms with Crippen LogP contribution in [-0.2, 0) is 4.43 Å². The van der Waals surface area contributed by atoms with Crippen LogP contribution in [0.3, 0.4) is 0 Å². The standard InChI is InChI=1S/C18H24N4O2SSi.C12H10N4O2S.C8H8ClNO2/c1-18(2,3)26(4,5)24-11-12-10-23-15-14(12)6-7-20-16(15)22-17-21-9-13(8-19)25-17;13-3-8-4-15-12(19-8)16-11-10-9(1-2-14-11)7(5-17)6-18-10;9-8-7-6(1-2-10-8)5(3-11)4-12-7/h6-7,9,12H,10-11H2,1-5H3,(H,20,21,22);1-2,4,7,17H,5-6H2,(H,14,15,16);1-2,5,11H,3-4H2. The predicted molar refractivity (Wildman–Crippen MR) is 220 cm³/mol. The Morgan fingerprint density at radius 1 is 0.754 bits per heavy atom. The van der Waals surface area contributed by atoms with Crippen molar-refractivity contribution in [3.05, 3.63) is 80.8 Å². The predicted octanol–water partition coefficient (Wildman–Crippen LogP) is 7.48. The maximum atomic E-state index is 9.26. The topological polar surface area (TPSA) is 213 Å². The zero-order valence-electron chi connectivity index (χ0n) is 31.9. The van der Waals surface area contributed by atoms with Gasteiger partial charge in [-0.3, -0.25) is 0 Å². The molecule has 15 nitrogen and oxygen atoms in total. The van der Waals surface area contributed by atoms with E-state index in [-0.39, 0.29) is 36.0 Å². The molecule has 4 N–H and O–H groups in total. The fourth-order valence-corrected chi connectivity index (χ4v) is 8.20. The zero-order valence-corrected chi connectivity index (χ0v) is 35.3. The molecule has 298 valence electrons. The third kappa shape index (κ3) is 9.62. The van der Waals surface area contributed by atoms with E-state index in [1.54, 1.807) is 24.8 Å². The Kier molecular flexibility index (Phi) is 13.3. The first-order valence-electron chi connectivity index (χ1n) is 18.0. The van der Waals surface area contributed by atoms with Crippen molar-refractivity contribution in [1.29, 1.82) is 10.5 Å². The Morgan fingerprint density at radius 3 is 1.65 bits per heavy atom. The van der Waals surface area contributed by atoms with Crippen LogP contribution in [0.5, 0.6) is 17.2 Å². The summed E-state index contributed by atoms with van der Waals surface area (Å²) in [7, 11) is -1.80. The molecule has 0 spiro atoms. The average Bonchev–Trinajstić information content (AvgIpc) is 4.05. The molecule has 8 rings (SSSR count). The smallest absolute Gasteiger partial charge is 0.192 e. The fourth-order valence-electron chi connectivity index (χ4n) is 5.71. The highest BCUT2D eigenvalue weighted by molar-refractivity contribution is 7.16. The van der Waals surface area contributed by atoms with Crippen molar-refractivity contribution in [2.75, 3.05) is 50.3 Å². The third-order valence-electron chi connectivity index (χ3n) is 9.94. The third-order valence-corrected chi connectivity index (χ3v) is 16.3. The maximum absolute atomic E-state index is 9.26. The van der Waals surface area contributed by atoms with E-state index in [1.165, 1.54) is 28.9 Å². The Bertz CT molecular complexity index is 2270. The van der Waals surface area contributed by atoms with Gasteiger partial charge in [0.2, 0.25) is 0 Å².